The van der Waals surface area contributed by atoms with E-state index in [4.69, 9.17) is 10.5 Å². The van der Waals surface area contributed by atoms with Crippen molar-refractivity contribution in [1.82, 2.24) is 19.9 Å². The van der Waals surface area contributed by atoms with Crippen molar-refractivity contribution in [2.24, 2.45) is 16.6 Å². The molecule has 1 saturated carbocycles. The second kappa shape index (κ2) is 9.03. The summed E-state index contributed by atoms with van der Waals surface area (Å²) in [6.07, 6.45) is 6.36. The first kappa shape index (κ1) is 25.0. The van der Waals surface area contributed by atoms with Crippen molar-refractivity contribution in [3.05, 3.63) is 53.5 Å². The van der Waals surface area contributed by atoms with E-state index in [1.807, 2.05) is 0 Å². The fourth-order valence-electron chi connectivity index (χ4n) is 4.85. The quantitative estimate of drug-likeness (QED) is 0.386. The molecule has 1 aliphatic heterocycles. The monoisotopic (exact) mass is 522 g/mol. The summed E-state index contributed by atoms with van der Waals surface area (Å²) >= 11 is 0. The molecule has 1 fully saturated rings. The minimum atomic E-state index is -3.70. The predicted molar refractivity (Wildman–Crippen MR) is 137 cm³/mol. The molecule has 37 heavy (non-hydrogen) atoms. The number of halogens is 1. The summed E-state index contributed by atoms with van der Waals surface area (Å²) in [5.41, 5.74) is 7.32. The Morgan fingerprint density at radius 1 is 1.22 bits per heavy atom. The molecule has 0 saturated heterocycles. The van der Waals surface area contributed by atoms with Gasteiger partial charge in [-0.2, -0.15) is 4.39 Å². The summed E-state index contributed by atoms with van der Waals surface area (Å²) in [5.74, 6) is 4.75. The number of nitrogens with two attached hydrogens (primary N) is 1. The SMILES string of the molecule is CC#CCOc1cnc2c(Cc3cnc(F)c([C@]4(C)CS(=O)(=O)[C@@](C)(C5CC5)C(N)=N4)c3)nccc2n1. The Hall–Kier alpha value is -3.65. The molecule has 0 amide bonds. The molecule has 0 unspecified atom stereocenters. The first-order valence-corrected chi connectivity index (χ1v) is 13.6. The molecule has 9 nitrogen and oxygen atoms in total. The van der Waals surface area contributed by atoms with Crippen LogP contribution < -0.4 is 10.5 Å². The van der Waals surface area contributed by atoms with Gasteiger partial charge in [0.05, 0.1) is 23.2 Å². The molecule has 11 heteroatoms. The van der Waals surface area contributed by atoms with Crippen LogP contribution in [0, 0.1) is 23.7 Å². The van der Waals surface area contributed by atoms with Crippen LogP contribution in [0.2, 0.25) is 0 Å². The van der Waals surface area contributed by atoms with Crippen molar-refractivity contribution in [1.29, 1.82) is 0 Å². The van der Waals surface area contributed by atoms with Gasteiger partial charge in [0, 0.05) is 24.4 Å². The van der Waals surface area contributed by atoms with Gasteiger partial charge < -0.3 is 10.5 Å². The van der Waals surface area contributed by atoms with Gasteiger partial charge in [0.15, 0.2) is 16.4 Å². The van der Waals surface area contributed by atoms with Crippen molar-refractivity contribution in [3.63, 3.8) is 0 Å². The van der Waals surface area contributed by atoms with Crippen LogP contribution >= 0.6 is 0 Å². The molecular weight excluding hydrogens is 495 g/mol. The van der Waals surface area contributed by atoms with E-state index in [9.17, 15) is 8.42 Å². The molecule has 4 heterocycles. The van der Waals surface area contributed by atoms with Crippen LogP contribution in [0.15, 0.2) is 35.7 Å². The average Bonchev–Trinajstić information content (AvgIpc) is 3.69. The third kappa shape index (κ3) is 4.39. The van der Waals surface area contributed by atoms with Crippen LogP contribution in [-0.2, 0) is 21.8 Å². The van der Waals surface area contributed by atoms with E-state index in [0.29, 0.717) is 28.2 Å². The number of hydrogen-bond donors (Lipinski definition) is 1. The molecule has 5 rings (SSSR count). The highest BCUT2D eigenvalue weighted by atomic mass is 32.2. The van der Waals surface area contributed by atoms with E-state index in [-0.39, 0.29) is 36.1 Å². The van der Waals surface area contributed by atoms with Gasteiger partial charge >= 0.3 is 0 Å². The zero-order chi connectivity index (χ0) is 26.4. The average molecular weight is 523 g/mol. The summed E-state index contributed by atoms with van der Waals surface area (Å²) < 4.78 is 46.1. The van der Waals surface area contributed by atoms with Gasteiger partial charge in [-0.05, 0) is 57.2 Å². The summed E-state index contributed by atoms with van der Waals surface area (Å²) in [6.45, 7) is 5.15. The van der Waals surface area contributed by atoms with E-state index < -0.39 is 26.1 Å². The number of ether oxygens (including phenoxy) is 1. The third-order valence-corrected chi connectivity index (χ3v) is 9.96. The first-order valence-electron chi connectivity index (χ1n) is 11.9. The highest BCUT2D eigenvalue weighted by Gasteiger charge is 2.59. The fourth-order valence-corrected chi connectivity index (χ4v) is 7.22. The predicted octanol–water partition coefficient (Wildman–Crippen LogP) is 2.72. The van der Waals surface area contributed by atoms with E-state index in [0.717, 1.165) is 12.8 Å². The second-order valence-corrected chi connectivity index (χ2v) is 12.2. The maximum atomic E-state index is 15.0. The summed E-state index contributed by atoms with van der Waals surface area (Å²) in [6, 6.07) is 3.31. The van der Waals surface area contributed by atoms with Crippen molar-refractivity contribution in [2.45, 2.75) is 50.3 Å². The number of aliphatic imine (C=N–C) groups is 1. The Morgan fingerprint density at radius 2 is 2.00 bits per heavy atom. The zero-order valence-corrected chi connectivity index (χ0v) is 21.6. The largest absolute Gasteiger partial charge is 0.463 e. The lowest BCUT2D eigenvalue weighted by Gasteiger charge is -2.40. The number of aromatic nitrogens is 4. The van der Waals surface area contributed by atoms with E-state index in [2.05, 4.69) is 36.8 Å². The molecule has 0 bridgehead atoms. The van der Waals surface area contributed by atoms with Gasteiger partial charge in [0.25, 0.3) is 0 Å². The van der Waals surface area contributed by atoms with Crippen molar-refractivity contribution < 1.29 is 17.5 Å². The van der Waals surface area contributed by atoms with Crippen LogP contribution in [0.4, 0.5) is 4.39 Å². The highest BCUT2D eigenvalue weighted by Crippen LogP contribution is 2.49. The van der Waals surface area contributed by atoms with E-state index in [1.54, 1.807) is 39.1 Å². The van der Waals surface area contributed by atoms with Crippen LogP contribution in [-0.4, -0.2) is 51.3 Å². The minimum absolute atomic E-state index is 0.0301. The topological polar surface area (TPSA) is 133 Å². The fraction of sp³-hybridized carbons (Fsp3) is 0.423. The lowest BCUT2D eigenvalue weighted by atomic mass is 9.92. The van der Waals surface area contributed by atoms with Gasteiger partial charge in [0.1, 0.15) is 21.6 Å². The molecule has 2 atom stereocenters. The number of nitrogens with zero attached hydrogens (tertiary/aromatic N) is 5. The minimum Gasteiger partial charge on any atom is -0.463 e. The highest BCUT2D eigenvalue weighted by molar-refractivity contribution is 7.93. The Labute approximate surface area is 214 Å². The van der Waals surface area contributed by atoms with Crippen LogP contribution in [0.1, 0.15) is 50.4 Å². The van der Waals surface area contributed by atoms with Gasteiger partial charge in [-0.25, -0.2) is 23.4 Å². The number of pyridine rings is 2. The van der Waals surface area contributed by atoms with Crippen molar-refractivity contribution in [3.8, 4) is 17.7 Å². The smallest absolute Gasteiger partial charge is 0.233 e. The van der Waals surface area contributed by atoms with Gasteiger partial charge in [-0.1, -0.05) is 5.92 Å². The van der Waals surface area contributed by atoms with Crippen molar-refractivity contribution >= 4 is 26.7 Å². The van der Waals surface area contributed by atoms with E-state index >= 15 is 4.39 Å². The molecule has 0 aromatic carbocycles. The molecule has 1 aliphatic carbocycles. The number of amidine groups is 1. The Bertz CT molecular complexity index is 1590. The summed E-state index contributed by atoms with van der Waals surface area (Å²) in [7, 11) is -3.70. The van der Waals surface area contributed by atoms with Gasteiger partial charge in [-0.3, -0.25) is 9.98 Å². The maximum Gasteiger partial charge on any atom is 0.233 e. The second-order valence-electron chi connectivity index (χ2n) is 9.82. The lowest BCUT2D eigenvalue weighted by Crippen LogP contribution is -2.58. The van der Waals surface area contributed by atoms with Crippen LogP contribution in [0.5, 0.6) is 5.88 Å². The normalized spacial score (nSPS) is 24.7. The van der Waals surface area contributed by atoms with Crippen LogP contribution in [0.3, 0.4) is 0 Å². The molecule has 3 aromatic heterocycles. The number of hydrogen-bond acceptors (Lipinski definition) is 9. The number of fused-ring (bicyclic) bond motifs is 1. The Morgan fingerprint density at radius 3 is 2.70 bits per heavy atom. The molecule has 3 aromatic rings. The third-order valence-electron chi connectivity index (χ3n) is 7.18. The molecule has 2 aliphatic rings. The Kier molecular flexibility index (Phi) is 6.10. The lowest BCUT2D eigenvalue weighted by molar-refractivity contribution is 0.355. The van der Waals surface area contributed by atoms with E-state index in [1.165, 1.54) is 12.4 Å². The summed E-state index contributed by atoms with van der Waals surface area (Å²) in [5, 5.41) is 0. The first-order chi connectivity index (χ1) is 17.6. The Balaban J connectivity index is 1.48. The molecule has 192 valence electrons. The van der Waals surface area contributed by atoms with Gasteiger partial charge in [0.2, 0.25) is 11.8 Å². The molecule has 0 spiro atoms. The summed E-state index contributed by atoms with van der Waals surface area (Å²) in [4.78, 5) is 21.8. The molecule has 0 radical (unpaired) electrons. The number of sulfone groups is 1. The standard InChI is InChI=1S/C26H27FN6O3S/c1-4-5-10-36-21-14-30-22-19(32-21)8-9-29-20(22)12-16-11-18(23(27)31-13-16)25(2)15-37(34,35)26(3,17-6-7-17)24(28)33-25/h8-9,11,13-14,17H,6-7,10,12,15H2,1-3H3,(H2,28,33)/t25-,26-/m0/s1. The molecule has 2 N–H and O–H groups in total. The number of rotatable bonds is 6. The van der Waals surface area contributed by atoms with Crippen molar-refractivity contribution in [2.75, 3.05) is 12.4 Å². The zero-order valence-electron chi connectivity index (χ0n) is 20.8. The van der Waals surface area contributed by atoms with Gasteiger partial charge in [-0.15, -0.1) is 5.92 Å². The maximum absolute atomic E-state index is 15.0. The molecular formula is C26H27FN6O3S. The van der Waals surface area contributed by atoms with Crippen LogP contribution in [0.25, 0.3) is 11.0 Å².